The molecule has 0 aliphatic carbocycles. The number of H-pyrrole nitrogens is 1. The van der Waals surface area contributed by atoms with E-state index in [-0.39, 0.29) is 5.91 Å². The van der Waals surface area contributed by atoms with Crippen LogP contribution >= 0.6 is 0 Å². The van der Waals surface area contributed by atoms with Crippen LogP contribution < -0.4 is 5.32 Å². The molecule has 1 amide bonds. The second kappa shape index (κ2) is 4.45. The highest BCUT2D eigenvalue weighted by molar-refractivity contribution is 6.05. The van der Waals surface area contributed by atoms with Gasteiger partial charge in [0.2, 0.25) is 0 Å². The zero-order chi connectivity index (χ0) is 14.2. The normalized spacial score (nSPS) is 11.0. The monoisotopic (exact) mass is 277 g/mol. The van der Waals surface area contributed by atoms with Gasteiger partial charge in [-0.2, -0.15) is 15.4 Å². The lowest BCUT2D eigenvalue weighted by Gasteiger charge is -2.02. The molecule has 3 heterocycles. The van der Waals surface area contributed by atoms with E-state index in [9.17, 15) is 4.79 Å². The average molecular weight is 277 g/mol. The van der Waals surface area contributed by atoms with Crippen molar-refractivity contribution in [1.82, 2.24) is 19.8 Å². The van der Waals surface area contributed by atoms with Gasteiger partial charge in [-0.1, -0.05) is 6.07 Å². The summed E-state index contributed by atoms with van der Waals surface area (Å²) < 4.78 is 1.91. The van der Waals surface area contributed by atoms with E-state index in [2.05, 4.69) is 20.7 Å². The van der Waals surface area contributed by atoms with Crippen LogP contribution in [0.5, 0.6) is 0 Å². The molecule has 1 aromatic carbocycles. The van der Waals surface area contributed by atoms with Gasteiger partial charge in [0, 0.05) is 23.6 Å². The highest BCUT2D eigenvalue weighted by Gasteiger charge is 2.09. The minimum Gasteiger partial charge on any atom is -0.323 e. The maximum atomic E-state index is 12.3. The SMILES string of the molecule is O=C(Nc1ccc2n[nH]nc2c1)c1cc2ccccn2c1. The van der Waals surface area contributed by atoms with Gasteiger partial charge in [0.05, 0.1) is 5.56 Å². The van der Waals surface area contributed by atoms with Gasteiger partial charge >= 0.3 is 0 Å². The topological polar surface area (TPSA) is 75.1 Å². The number of nitrogens with one attached hydrogen (secondary N) is 2. The third-order valence-electron chi connectivity index (χ3n) is 3.34. The summed E-state index contributed by atoms with van der Waals surface area (Å²) in [6.07, 6.45) is 3.72. The number of benzene rings is 1. The van der Waals surface area contributed by atoms with Crippen molar-refractivity contribution in [3.63, 3.8) is 0 Å². The number of amides is 1. The van der Waals surface area contributed by atoms with Gasteiger partial charge in [0.15, 0.2) is 0 Å². The molecule has 0 atom stereocenters. The number of hydrogen-bond donors (Lipinski definition) is 2. The number of carbonyl (C=O) groups excluding carboxylic acids is 1. The highest BCUT2D eigenvalue weighted by atomic mass is 16.1. The Hall–Kier alpha value is -3.15. The van der Waals surface area contributed by atoms with Crippen LogP contribution in [0.2, 0.25) is 0 Å². The van der Waals surface area contributed by atoms with Gasteiger partial charge in [0.1, 0.15) is 11.0 Å². The van der Waals surface area contributed by atoms with E-state index in [0.29, 0.717) is 11.3 Å². The Kier molecular flexibility index (Phi) is 2.47. The fraction of sp³-hybridized carbons (Fsp3) is 0. The van der Waals surface area contributed by atoms with Gasteiger partial charge in [-0.3, -0.25) is 4.79 Å². The number of hydrogen-bond acceptors (Lipinski definition) is 3. The molecule has 0 spiro atoms. The third kappa shape index (κ3) is 2.02. The van der Waals surface area contributed by atoms with E-state index in [1.165, 1.54) is 0 Å². The van der Waals surface area contributed by atoms with Crippen LogP contribution in [-0.4, -0.2) is 25.7 Å². The zero-order valence-electron chi connectivity index (χ0n) is 10.9. The van der Waals surface area contributed by atoms with Crippen LogP contribution in [0.15, 0.2) is 54.9 Å². The van der Waals surface area contributed by atoms with Crippen molar-refractivity contribution in [2.24, 2.45) is 0 Å². The number of carbonyl (C=O) groups is 1. The Balaban J connectivity index is 1.64. The van der Waals surface area contributed by atoms with E-state index in [0.717, 1.165) is 16.6 Å². The molecule has 0 fully saturated rings. The molecule has 4 rings (SSSR count). The first kappa shape index (κ1) is 11.7. The van der Waals surface area contributed by atoms with Gasteiger partial charge in [-0.25, -0.2) is 0 Å². The second-order valence-corrected chi connectivity index (χ2v) is 4.74. The molecule has 4 aromatic rings. The fourth-order valence-electron chi connectivity index (χ4n) is 2.30. The molecule has 0 aliphatic rings. The highest BCUT2D eigenvalue weighted by Crippen LogP contribution is 2.17. The van der Waals surface area contributed by atoms with E-state index in [1.807, 2.05) is 40.9 Å². The average Bonchev–Trinajstić information content (AvgIpc) is 3.13. The second-order valence-electron chi connectivity index (χ2n) is 4.74. The molecule has 0 saturated heterocycles. The Morgan fingerprint density at radius 1 is 1.10 bits per heavy atom. The van der Waals surface area contributed by atoms with Crippen LogP contribution in [-0.2, 0) is 0 Å². The summed E-state index contributed by atoms with van der Waals surface area (Å²) in [5.74, 6) is -0.151. The lowest BCUT2D eigenvalue weighted by Crippen LogP contribution is -2.10. The molecule has 102 valence electrons. The predicted molar refractivity (Wildman–Crippen MR) is 79.2 cm³/mol. The Bertz CT molecular complexity index is 920. The van der Waals surface area contributed by atoms with Crippen LogP contribution in [0.3, 0.4) is 0 Å². The largest absolute Gasteiger partial charge is 0.323 e. The van der Waals surface area contributed by atoms with Crippen molar-refractivity contribution < 1.29 is 4.79 Å². The van der Waals surface area contributed by atoms with E-state index < -0.39 is 0 Å². The molecule has 0 bridgehead atoms. The lowest BCUT2D eigenvalue weighted by molar-refractivity contribution is 0.102. The molecule has 0 unspecified atom stereocenters. The van der Waals surface area contributed by atoms with Crippen LogP contribution in [0.4, 0.5) is 5.69 Å². The van der Waals surface area contributed by atoms with E-state index >= 15 is 0 Å². The zero-order valence-corrected chi connectivity index (χ0v) is 10.9. The molecule has 0 radical (unpaired) electrons. The van der Waals surface area contributed by atoms with Gasteiger partial charge in [0.25, 0.3) is 5.91 Å². The van der Waals surface area contributed by atoms with Crippen molar-refractivity contribution >= 4 is 28.1 Å². The molecule has 6 heteroatoms. The maximum absolute atomic E-state index is 12.3. The first-order chi connectivity index (χ1) is 10.3. The number of nitrogens with zero attached hydrogens (tertiary/aromatic N) is 3. The molecular formula is C15H11N5O. The minimum atomic E-state index is -0.151. The minimum absolute atomic E-state index is 0.151. The number of pyridine rings is 1. The number of rotatable bonds is 2. The van der Waals surface area contributed by atoms with Crippen LogP contribution in [0, 0.1) is 0 Å². The van der Waals surface area contributed by atoms with Crippen molar-refractivity contribution in [1.29, 1.82) is 0 Å². The summed E-state index contributed by atoms with van der Waals surface area (Å²) in [7, 11) is 0. The summed E-state index contributed by atoms with van der Waals surface area (Å²) in [6, 6.07) is 13.1. The first-order valence-corrected chi connectivity index (χ1v) is 6.48. The standard InChI is InChI=1S/C15H11N5O/c21-15(10-7-12-3-1-2-6-20(12)9-10)16-11-4-5-13-14(8-11)18-19-17-13/h1-9H,(H,16,21)(H,17,18,19). The summed E-state index contributed by atoms with van der Waals surface area (Å²) in [6.45, 7) is 0. The van der Waals surface area contributed by atoms with Gasteiger partial charge in [-0.05, 0) is 36.4 Å². The van der Waals surface area contributed by atoms with Crippen LogP contribution in [0.1, 0.15) is 10.4 Å². The smallest absolute Gasteiger partial charge is 0.257 e. The Labute approximate surface area is 119 Å². The van der Waals surface area contributed by atoms with E-state index in [4.69, 9.17) is 0 Å². The van der Waals surface area contributed by atoms with Crippen molar-refractivity contribution in [2.75, 3.05) is 5.32 Å². The molecule has 21 heavy (non-hydrogen) atoms. The van der Waals surface area contributed by atoms with Gasteiger partial charge < -0.3 is 9.72 Å². The first-order valence-electron chi connectivity index (χ1n) is 6.48. The van der Waals surface area contributed by atoms with Crippen molar-refractivity contribution in [3.8, 4) is 0 Å². The summed E-state index contributed by atoms with van der Waals surface area (Å²) >= 11 is 0. The maximum Gasteiger partial charge on any atom is 0.257 e. The molecule has 0 saturated carbocycles. The number of aromatic nitrogens is 4. The predicted octanol–water partition coefficient (Wildman–Crippen LogP) is 2.46. The number of aromatic amines is 1. The summed E-state index contributed by atoms with van der Waals surface area (Å²) in [4.78, 5) is 12.3. The lowest BCUT2D eigenvalue weighted by atomic mass is 10.2. The molecule has 6 nitrogen and oxygen atoms in total. The molecule has 3 aromatic heterocycles. The quantitative estimate of drug-likeness (QED) is 0.591. The van der Waals surface area contributed by atoms with Crippen molar-refractivity contribution in [3.05, 3.63) is 60.4 Å². The molecule has 2 N–H and O–H groups in total. The third-order valence-corrected chi connectivity index (χ3v) is 3.34. The molecule has 0 aliphatic heterocycles. The number of fused-ring (bicyclic) bond motifs is 2. The summed E-state index contributed by atoms with van der Waals surface area (Å²) in [5, 5.41) is 13.4. The van der Waals surface area contributed by atoms with E-state index in [1.54, 1.807) is 18.3 Å². The Morgan fingerprint density at radius 2 is 2.00 bits per heavy atom. The van der Waals surface area contributed by atoms with Crippen molar-refractivity contribution in [2.45, 2.75) is 0 Å². The molecular weight excluding hydrogens is 266 g/mol. The number of anilines is 1. The Morgan fingerprint density at radius 3 is 2.90 bits per heavy atom. The summed E-state index contributed by atoms with van der Waals surface area (Å²) in [5.41, 5.74) is 3.77. The van der Waals surface area contributed by atoms with Gasteiger partial charge in [-0.15, -0.1) is 0 Å². The van der Waals surface area contributed by atoms with Crippen LogP contribution in [0.25, 0.3) is 16.6 Å². The fourth-order valence-corrected chi connectivity index (χ4v) is 2.30.